The first kappa shape index (κ1) is 18.2. The summed E-state index contributed by atoms with van der Waals surface area (Å²) in [6.45, 7) is 1.85. The van der Waals surface area contributed by atoms with Crippen LogP contribution >= 0.6 is 0 Å². The average Bonchev–Trinajstić information content (AvgIpc) is 3.28. The Bertz CT molecular complexity index is 1050. The maximum Gasteiger partial charge on any atom is 0.420 e. The normalized spacial score (nSPS) is 25.8. The molecule has 0 aliphatic heterocycles. The summed E-state index contributed by atoms with van der Waals surface area (Å²) >= 11 is 0. The van der Waals surface area contributed by atoms with E-state index in [0.717, 1.165) is 12.3 Å². The molecule has 2 bridgehead atoms. The van der Waals surface area contributed by atoms with Crippen LogP contribution in [0.2, 0.25) is 0 Å². The molecular weight excluding hydrogens is 370 g/mol. The Kier molecular flexibility index (Phi) is 4.38. The highest BCUT2D eigenvalue weighted by molar-refractivity contribution is 7.89. The Balaban J connectivity index is 1.50. The summed E-state index contributed by atoms with van der Waals surface area (Å²) in [4.78, 5) is 24.4. The quantitative estimate of drug-likeness (QED) is 0.789. The molecule has 8 nitrogen and oxygen atoms in total. The lowest BCUT2D eigenvalue weighted by Crippen LogP contribution is -2.42. The van der Waals surface area contributed by atoms with Gasteiger partial charge in [0.2, 0.25) is 15.9 Å². The molecule has 2 aromatic rings. The van der Waals surface area contributed by atoms with Crippen molar-refractivity contribution in [2.24, 2.45) is 22.9 Å². The molecule has 0 radical (unpaired) electrons. The molecule has 2 fully saturated rings. The number of nitrogens with zero attached hydrogens (tertiary/aromatic N) is 1. The van der Waals surface area contributed by atoms with Gasteiger partial charge in [-0.05, 0) is 56.1 Å². The number of hydrogen-bond acceptors (Lipinski definition) is 5. The summed E-state index contributed by atoms with van der Waals surface area (Å²) < 4.78 is 29.2. The van der Waals surface area contributed by atoms with Crippen LogP contribution in [0.4, 0.5) is 0 Å². The Morgan fingerprint density at radius 1 is 1.37 bits per heavy atom. The van der Waals surface area contributed by atoms with Crippen molar-refractivity contribution in [3.63, 3.8) is 0 Å². The fourth-order valence-electron chi connectivity index (χ4n) is 4.83. The van der Waals surface area contributed by atoms with Gasteiger partial charge in [0.25, 0.3) is 0 Å². The van der Waals surface area contributed by atoms with Crippen molar-refractivity contribution < 1.29 is 17.6 Å². The number of carbonyl (C=O) groups excluding carboxylic acids is 1. The van der Waals surface area contributed by atoms with Crippen LogP contribution in [-0.2, 0) is 21.4 Å². The molecule has 146 valence electrons. The second-order valence-electron chi connectivity index (χ2n) is 7.82. The summed E-state index contributed by atoms with van der Waals surface area (Å²) in [5, 5.41) is 8.11. The zero-order valence-corrected chi connectivity index (χ0v) is 15.9. The van der Waals surface area contributed by atoms with Gasteiger partial charge in [-0.2, -0.15) is 0 Å². The summed E-state index contributed by atoms with van der Waals surface area (Å²) in [6, 6.07) is 3.97. The lowest BCUT2D eigenvalue weighted by atomic mass is 9.84. The minimum absolute atomic E-state index is 0.0654. The third-order valence-corrected chi connectivity index (χ3v) is 7.00. The Morgan fingerprint density at radius 2 is 2.15 bits per heavy atom. The highest BCUT2D eigenvalue weighted by Crippen LogP contribution is 2.49. The van der Waals surface area contributed by atoms with E-state index in [1.165, 1.54) is 42.0 Å². The van der Waals surface area contributed by atoms with Crippen LogP contribution in [0.15, 0.2) is 32.3 Å². The molecule has 2 aliphatic carbocycles. The van der Waals surface area contributed by atoms with E-state index in [0.29, 0.717) is 17.4 Å². The van der Waals surface area contributed by atoms with Crippen molar-refractivity contribution in [2.75, 3.05) is 0 Å². The van der Waals surface area contributed by atoms with Gasteiger partial charge in [0, 0.05) is 12.1 Å². The van der Waals surface area contributed by atoms with Crippen LogP contribution in [0.25, 0.3) is 11.1 Å². The zero-order chi connectivity index (χ0) is 19.3. The molecule has 2 saturated carbocycles. The minimum atomic E-state index is -3.90. The number of amides is 1. The molecule has 9 heteroatoms. The number of carbonyl (C=O) groups is 1. The molecule has 1 aromatic heterocycles. The highest BCUT2D eigenvalue weighted by atomic mass is 32.2. The molecule has 4 rings (SSSR count). The van der Waals surface area contributed by atoms with Gasteiger partial charge < -0.3 is 9.73 Å². The van der Waals surface area contributed by atoms with Gasteiger partial charge >= 0.3 is 5.76 Å². The molecular formula is C18H23N3O5S. The molecule has 0 spiro atoms. The molecule has 1 aromatic carbocycles. The van der Waals surface area contributed by atoms with Crippen LogP contribution in [0.3, 0.4) is 0 Å². The van der Waals surface area contributed by atoms with Gasteiger partial charge in [0.15, 0.2) is 5.58 Å². The zero-order valence-electron chi connectivity index (χ0n) is 15.1. The number of rotatable bonds is 5. The maximum absolute atomic E-state index is 12.5. The van der Waals surface area contributed by atoms with Crippen molar-refractivity contribution in [3.8, 4) is 0 Å². The van der Waals surface area contributed by atoms with E-state index in [2.05, 4.69) is 5.32 Å². The van der Waals surface area contributed by atoms with E-state index in [1.54, 1.807) is 0 Å². The third kappa shape index (κ3) is 3.41. The van der Waals surface area contributed by atoms with Gasteiger partial charge in [-0.15, -0.1) is 0 Å². The summed E-state index contributed by atoms with van der Waals surface area (Å²) in [5.41, 5.74) is 0.440. The van der Waals surface area contributed by atoms with Gasteiger partial charge in [-0.1, -0.05) is 6.42 Å². The molecule has 0 saturated heterocycles. The number of fused-ring (bicyclic) bond motifs is 3. The van der Waals surface area contributed by atoms with Crippen molar-refractivity contribution in [2.45, 2.75) is 50.1 Å². The van der Waals surface area contributed by atoms with Crippen molar-refractivity contribution in [1.29, 1.82) is 0 Å². The van der Waals surface area contributed by atoms with E-state index in [-0.39, 0.29) is 29.0 Å². The minimum Gasteiger partial charge on any atom is -0.408 e. The van der Waals surface area contributed by atoms with Gasteiger partial charge in [0.1, 0.15) is 6.54 Å². The summed E-state index contributed by atoms with van der Waals surface area (Å²) in [7, 11) is -3.90. The fourth-order valence-corrected chi connectivity index (χ4v) is 5.36. The predicted molar refractivity (Wildman–Crippen MR) is 98.4 cm³/mol. The second-order valence-corrected chi connectivity index (χ2v) is 9.38. The van der Waals surface area contributed by atoms with Crippen LogP contribution in [0.1, 0.15) is 32.6 Å². The molecule has 4 atom stereocenters. The highest BCUT2D eigenvalue weighted by Gasteiger charge is 2.42. The first-order valence-corrected chi connectivity index (χ1v) is 10.7. The largest absolute Gasteiger partial charge is 0.420 e. The first-order valence-electron chi connectivity index (χ1n) is 9.18. The SMILES string of the molecule is C[C@@H](NC(=O)Cn1c(=O)oc2cc(S(N)(=O)=O)ccc21)[C@@H]1C[C@H]2CC[C@H]1C2. The van der Waals surface area contributed by atoms with Crippen LogP contribution in [-0.4, -0.2) is 24.9 Å². The molecule has 2 aliphatic rings. The number of oxazole rings is 1. The Labute approximate surface area is 156 Å². The topological polar surface area (TPSA) is 124 Å². The van der Waals surface area contributed by atoms with E-state index in [4.69, 9.17) is 9.56 Å². The van der Waals surface area contributed by atoms with Crippen molar-refractivity contribution in [3.05, 3.63) is 28.7 Å². The van der Waals surface area contributed by atoms with Gasteiger partial charge in [-0.25, -0.2) is 18.4 Å². The average molecular weight is 393 g/mol. The molecule has 1 amide bonds. The van der Waals surface area contributed by atoms with Crippen LogP contribution in [0.5, 0.6) is 0 Å². The van der Waals surface area contributed by atoms with Gasteiger partial charge in [-0.3, -0.25) is 9.36 Å². The van der Waals surface area contributed by atoms with Crippen molar-refractivity contribution in [1.82, 2.24) is 9.88 Å². The van der Waals surface area contributed by atoms with E-state index < -0.39 is 15.8 Å². The predicted octanol–water partition coefficient (Wildman–Crippen LogP) is 1.18. The molecule has 0 unspecified atom stereocenters. The number of aromatic nitrogens is 1. The number of nitrogens with two attached hydrogens (primary N) is 1. The lowest BCUT2D eigenvalue weighted by Gasteiger charge is -2.28. The maximum atomic E-state index is 12.5. The molecule has 1 heterocycles. The third-order valence-electron chi connectivity index (χ3n) is 6.09. The number of primary sulfonamides is 1. The van der Waals surface area contributed by atoms with Crippen LogP contribution < -0.4 is 16.2 Å². The summed E-state index contributed by atoms with van der Waals surface area (Å²) in [6.07, 6.45) is 4.98. The standard InChI is InChI=1S/C18H23N3O5S/c1-10(14-7-11-2-3-12(14)6-11)20-17(22)9-21-15-5-4-13(27(19,24)25)8-16(15)26-18(21)23/h4-5,8,10-12,14H,2-3,6-7,9H2,1H3,(H,20,22)(H2,19,24,25)/t10-,11+,12+,14+/m1/s1. The lowest BCUT2D eigenvalue weighted by molar-refractivity contribution is -0.122. The number of nitrogens with one attached hydrogen (secondary N) is 1. The summed E-state index contributed by atoms with van der Waals surface area (Å²) in [5.74, 6) is 1.03. The molecule has 27 heavy (non-hydrogen) atoms. The number of sulfonamides is 1. The first-order chi connectivity index (χ1) is 12.7. The van der Waals surface area contributed by atoms with E-state index >= 15 is 0 Å². The second kappa shape index (κ2) is 6.49. The number of benzene rings is 1. The monoisotopic (exact) mass is 393 g/mol. The molecule has 3 N–H and O–H groups in total. The smallest absolute Gasteiger partial charge is 0.408 e. The van der Waals surface area contributed by atoms with Crippen molar-refractivity contribution >= 4 is 27.0 Å². The Morgan fingerprint density at radius 3 is 2.78 bits per heavy atom. The van der Waals surface area contributed by atoms with E-state index in [1.807, 2.05) is 6.92 Å². The van der Waals surface area contributed by atoms with Crippen LogP contribution in [0, 0.1) is 17.8 Å². The van der Waals surface area contributed by atoms with Gasteiger partial charge in [0.05, 0.1) is 10.4 Å². The van der Waals surface area contributed by atoms with E-state index in [9.17, 15) is 18.0 Å². The fraction of sp³-hybridized carbons (Fsp3) is 0.556. The number of hydrogen-bond donors (Lipinski definition) is 2. The Hall–Kier alpha value is -2.13.